The highest BCUT2D eigenvalue weighted by Gasteiger charge is 2.83. The van der Waals surface area contributed by atoms with Crippen LogP contribution in [0, 0.1) is 22.2 Å². The van der Waals surface area contributed by atoms with E-state index in [1.807, 2.05) is 0 Å². The Balaban J connectivity index is 1.02. The molecule has 9 aliphatic heterocycles. The lowest BCUT2D eigenvalue weighted by Crippen LogP contribution is -2.81. The summed E-state index contributed by atoms with van der Waals surface area (Å²) in [6.07, 6.45) is 7.62. The standard InChI is InChI=1S/C43H50N4O6/c1-50-30-9-5-7-28-32(30)47-24-38(20-25-21-39-13-18-52-31(39)10-15-45-17-12-42(28,36(39)45)43(25,47)49)23-46-16-11-41-27-6-3-4-8-29(27)44-33(41)26(34(48)51-2)22-40(35(41)46)14-19-53-37(38)40/h3-9,25,31,35-37,44,49H,10-24H2,1-2H3/t25-,31+,35?,36+,37+,38+,39-,40+,41+,42-,43-/m1/s1. The zero-order chi connectivity index (χ0) is 35.3. The van der Waals surface area contributed by atoms with Gasteiger partial charge in [0.05, 0.1) is 48.5 Å². The van der Waals surface area contributed by atoms with Crippen molar-refractivity contribution < 1.29 is 28.8 Å². The van der Waals surface area contributed by atoms with Crippen LogP contribution in [-0.4, -0.2) is 111 Å². The number of ether oxygens (including phenoxy) is 4. The summed E-state index contributed by atoms with van der Waals surface area (Å²) in [5.74, 6) is 0.674. The number of methoxy groups -OCH3 is 2. The molecule has 0 aromatic heterocycles. The molecule has 278 valence electrons. The van der Waals surface area contributed by atoms with Crippen LogP contribution < -0.4 is 15.0 Å². The van der Waals surface area contributed by atoms with Gasteiger partial charge in [0, 0.05) is 78.5 Å². The summed E-state index contributed by atoms with van der Waals surface area (Å²) in [7, 11) is 3.32. The molecule has 11 atom stereocenters. The third-order valence-electron chi connectivity index (χ3n) is 17.7. The number of carbonyl (C=O) groups excluding carboxylic acids is 1. The Labute approximate surface area is 310 Å². The molecule has 13 rings (SSSR count). The molecule has 2 aromatic carbocycles. The Morgan fingerprint density at radius 3 is 2.60 bits per heavy atom. The molecular weight excluding hydrogens is 668 g/mol. The molecule has 8 fully saturated rings. The largest absolute Gasteiger partial charge is 0.495 e. The second kappa shape index (κ2) is 9.62. The normalized spacial score (nSPS) is 47.6. The summed E-state index contributed by atoms with van der Waals surface area (Å²) in [5.41, 5.74) is 4.37. The number of esters is 1. The van der Waals surface area contributed by atoms with E-state index in [1.54, 1.807) is 7.11 Å². The van der Waals surface area contributed by atoms with Gasteiger partial charge in [-0.15, -0.1) is 0 Å². The lowest BCUT2D eigenvalue weighted by atomic mass is 9.43. The number of rotatable bonds is 2. The molecule has 10 nitrogen and oxygen atoms in total. The maximum atomic E-state index is 14.0. The van der Waals surface area contributed by atoms with Gasteiger partial charge in [-0.25, -0.2) is 4.79 Å². The zero-order valence-electron chi connectivity index (χ0n) is 30.9. The molecule has 53 heavy (non-hydrogen) atoms. The van der Waals surface area contributed by atoms with Crippen molar-refractivity contribution in [2.75, 3.05) is 70.4 Å². The smallest absolute Gasteiger partial charge is 0.335 e. The minimum Gasteiger partial charge on any atom is -0.495 e. The first-order valence-corrected chi connectivity index (χ1v) is 20.4. The predicted molar refractivity (Wildman–Crippen MR) is 196 cm³/mol. The maximum absolute atomic E-state index is 14.0. The monoisotopic (exact) mass is 718 g/mol. The van der Waals surface area contributed by atoms with Gasteiger partial charge in [0.2, 0.25) is 0 Å². The summed E-state index contributed by atoms with van der Waals surface area (Å²) in [6.45, 7) is 6.12. The molecule has 2 N–H and O–H groups in total. The lowest BCUT2D eigenvalue weighted by Gasteiger charge is -2.70. The molecule has 0 bridgehead atoms. The average Bonchev–Trinajstić information content (AvgIpc) is 4.02. The van der Waals surface area contributed by atoms with Crippen molar-refractivity contribution in [2.24, 2.45) is 22.2 Å². The third kappa shape index (κ3) is 3.07. The Bertz CT molecular complexity index is 2060. The van der Waals surface area contributed by atoms with Crippen LogP contribution >= 0.6 is 0 Å². The van der Waals surface area contributed by atoms with Gasteiger partial charge < -0.3 is 34.3 Å². The van der Waals surface area contributed by atoms with Crippen LogP contribution in [-0.2, 0) is 29.8 Å². The van der Waals surface area contributed by atoms with Gasteiger partial charge in [0.25, 0.3) is 0 Å². The highest BCUT2D eigenvalue weighted by atomic mass is 16.5. The summed E-state index contributed by atoms with van der Waals surface area (Å²) < 4.78 is 25.8. The van der Waals surface area contributed by atoms with E-state index < -0.39 is 11.1 Å². The summed E-state index contributed by atoms with van der Waals surface area (Å²) >= 11 is 0. The van der Waals surface area contributed by atoms with Crippen molar-refractivity contribution in [2.45, 2.75) is 92.2 Å². The molecule has 1 unspecified atom stereocenters. The van der Waals surface area contributed by atoms with Crippen LogP contribution in [0.3, 0.4) is 0 Å². The van der Waals surface area contributed by atoms with E-state index in [9.17, 15) is 9.90 Å². The summed E-state index contributed by atoms with van der Waals surface area (Å²) in [5, 5.41) is 17.8. The second-order valence-corrected chi connectivity index (χ2v) is 18.9. The SMILES string of the molecule is COC(=O)C1=C2Nc3ccccc3[C@@]23CCN2C[C@]4(C[C@@H]5C[C@]67CCO[C@H]6CCN6CC[C@@]8(c9cccc(OC)c9N(C4)[C@@]58O)[C@@H]67)[C@@H]4OCC[C@]4(C1)C23. The number of piperidine rings is 3. The van der Waals surface area contributed by atoms with Crippen molar-refractivity contribution in [3.05, 3.63) is 64.9 Å². The number of para-hydroxylation sites is 2. The molecule has 0 amide bonds. The van der Waals surface area contributed by atoms with Crippen LogP contribution in [0.15, 0.2) is 53.7 Å². The highest BCUT2D eigenvalue weighted by Crippen LogP contribution is 2.77. The van der Waals surface area contributed by atoms with Crippen molar-refractivity contribution in [3.8, 4) is 5.75 Å². The molecule has 0 radical (unpaired) electrons. The zero-order valence-corrected chi connectivity index (χ0v) is 30.9. The molecule has 10 heteroatoms. The Hall–Kier alpha value is -3.15. The summed E-state index contributed by atoms with van der Waals surface area (Å²) in [6, 6.07) is 15.8. The minimum atomic E-state index is -1.04. The molecule has 2 aliphatic carbocycles. The fraction of sp³-hybridized carbons (Fsp3) is 0.651. The molecule has 7 saturated heterocycles. The van der Waals surface area contributed by atoms with E-state index in [0.29, 0.717) is 19.6 Å². The average molecular weight is 719 g/mol. The topological polar surface area (TPSA) is 96.0 Å². The van der Waals surface area contributed by atoms with Crippen LogP contribution in [0.5, 0.6) is 5.75 Å². The first-order valence-electron chi connectivity index (χ1n) is 20.4. The maximum Gasteiger partial charge on any atom is 0.335 e. The Morgan fingerprint density at radius 2 is 1.72 bits per heavy atom. The van der Waals surface area contributed by atoms with Crippen LogP contribution in [0.1, 0.15) is 62.5 Å². The van der Waals surface area contributed by atoms with Gasteiger partial charge in [-0.2, -0.15) is 0 Å². The van der Waals surface area contributed by atoms with Crippen molar-refractivity contribution >= 4 is 17.3 Å². The molecule has 9 heterocycles. The Morgan fingerprint density at radius 1 is 0.887 bits per heavy atom. The quantitative estimate of drug-likeness (QED) is 0.441. The van der Waals surface area contributed by atoms with E-state index in [2.05, 4.69) is 62.5 Å². The number of aliphatic hydroxyl groups is 1. The van der Waals surface area contributed by atoms with Gasteiger partial charge in [-0.1, -0.05) is 30.3 Å². The summed E-state index contributed by atoms with van der Waals surface area (Å²) in [4.78, 5) is 22.0. The number of anilines is 2. The van der Waals surface area contributed by atoms with Crippen molar-refractivity contribution in [1.29, 1.82) is 0 Å². The number of hydrogen-bond acceptors (Lipinski definition) is 10. The van der Waals surface area contributed by atoms with Gasteiger partial charge in [0.15, 0.2) is 5.72 Å². The van der Waals surface area contributed by atoms with Crippen LogP contribution in [0.4, 0.5) is 11.4 Å². The van der Waals surface area contributed by atoms with Gasteiger partial charge in [0.1, 0.15) is 5.75 Å². The number of carbonyl (C=O) groups is 1. The van der Waals surface area contributed by atoms with Crippen molar-refractivity contribution in [3.63, 3.8) is 0 Å². The molecule has 1 saturated carbocycles. The van der Waals surface area contributed by atoms with Gasteiger partial charge in [-0.05, 0) is 87.7 Å². The third-order valence-corrected chi connectivity index (χ3v) is 17.7. The molecule has 5 spiro atoms. The number of benzene rings is 2. The molecular formula is C43H50N4O6. The predicted octanol–water partition coefficient (Wildman–Crippen LogP) is 4.16. The molecule has 2 aromatic rings. The van der Waals surface area contributed by atoms with E-state index in [1.165, 1.54) is 18.2 Å². The van der Waals surface area contributed by atoms with E-state index in [4.69, 9.17) is 18.9 Å². The molecule has 11 aliphatic rings. The van der Waals surface area contributed by atoms with Crippen molar-refractivity contribution in [1.82, 2.24) is 9.80 Å². The lowest BCUT2D eigenvalue weighted by molar-refractivity contribution is -0.232. The first-order chi connectivity index (χ1) is 25.8. The second-order valence-electron chi connectivity index (χ2n) is 18.9. The van der Waals surface area contributed by atoms with Crippen LogP contribution in [0.25, 0.3) is 0 Å². The minimum absolute atomic E-state index is 0.00339. The van der Waals surface area contributed by atoms with E-state index >= 15 is 0 Å². The number of hydrogen-bond donors (Lipinski definition) is 2. The number of fused-ring (bicyclic) bond motifs is 4. The van der Waals surface area contributed by atoms with Gasteiger partial charge in [-0.3, -0.25) is 9.80 Å². The van der Waals surface area contributed by atoms with E-state index in [0.717, 1.165) is 106 Å². The fourth-order valence-electron chi connectivity index (χ4n) is 16.8. The Kier molecular flexibility index (Phi) is 5.64. The number of nitrogens with zero attached hydrogens (tertiary/aromatic N) is 3. The number of nitrogens with one attached hydrogen (secondary N) is 1. The fourth-order valence-corrected chi connectivity index (χ4v) is 16.8. The van der Waals surface area contributed by atoms with Gasteiger partial charge >= 0.3 is 5.97 Å². The van der Waals surface area contributed by atoms with E-state index in [-0.39, 0.29) is 57.8 Å². The van der Waals surface area contributed by atoms with Crippen LogP contribution in [0.2, 0.25) is 0 Å². The highest BCUT2D eigenvalue weighted by molar-refractivity contribution is 5.93. The first kappa shape index (κ1) is 31.1.